The zero-order valence-electron chi connectivity index (χ0n) is 10.3. The number of nitrogens with one attached hydrogen (secondary N) is 1. The summed E-state index contributed by atoms with van der Waals surface area (Å²) in [4.78, 5) is 31.1. The van der Waals surface area contributed by atoms with Crippen LogP contribution in [0.15, 0.2) is 40.5 Å². The molecule has 0 unspecified atom stereocenters. The minimum Gasteiger partial charge on any atom is -0.478 e. The van der Waals surface area contributed by atoms with Crippen LogP contribution < -0.4 is 5.56 Å². The van der Waals surface area contributed by atoms with Crippen molar-refractivity contribution in [2.24, 2.45) is 0 Å². The Balaban J connectivity index is 2.11. The second-order valence-corrected chi connectivity index (χ2v) is 5.34. The highest BCUT2D eigenvalue weighted by molar-refractivity contribution is 7.09. The van der Waals surface area contributed by atoms with Crippen LogP contribution >= 0.6 is 11.3 Å². The Bertz CT molecular complexity index is 837. The summed E-state index contributed by atoms with van der Waals surface area (Å²) in [6.45, 7) is 0. The Hall–Kier alpha value is -2.47. The number of H-pyrrole nitrogens is 1. The molecule has 6 heteroatoms. The Morgan fingerprint density at radius 2 is 2.20 bits per heavy atom. The van der Waals surface area contributed by atoms with Crippen molar-refractivity contribution >= 4 is 28.2 Å². The number of carboxylic acid groups (broad SMARTS) is 1. The lowest BCUT2D eigenvalue weighted by molar-refractivity contribution is 0.0697. The number of aromatic nitrogens is 2. The van der Waals surface area contributed by atoms with Crippen LogP contribution in [0.2, 0.25) is 0 Å². The molecular formula is C14H10N2O3S. The lowest BCUT2D eigenvalue weighted by Crippen LogP contribution is -2.12. The fourth-order valence-corrected chi connectivity index (χ4v) is 2.69. The number of hydrogen-bond acceptors (Lipinski definition) is 4. The summed E-state index contributed by atoms with van der Waals surface area (Å²) in [5, 5.41) is 11.3. The zero-order chi connectivity index (χ0) is 14.1. The molecule has 1 aromatic carbocycles. The van der Waals surface area contributed by atoms with Crippen LogP contribution in [-0.2, 0) is 6.42 Å². The first-order valence-corrected chi connectivity index (χ1v) is 6.80. The summed E-state index contributed by atoms with van der Waals surface area (Å²) in [6.07, 6.45) is 0.528. The van der Waals surface area contributed by atoms with Crippen LogP contribution in [0.4, 0.5) is 0 Å². The topological polar surface area (TPSA) is 83.0 Å². The number of thiophene rings is 1. The molecule has 0 aliphatic rings. The van der Waals surface area contributed by atoms with Gasteiger partial charge in [0, 0.05) is 11.3 Å². The third-order valence-corrected chi connectivity index (χ3v) is 3.80. The second kappa shape index (κ2) is 4.90. The number of benzene rings is 1. The number of fused-ring (bicyclic) bond motifs is 1. The first kappa shape index (κ1) is 12.6. The molecule has 3 aromatic rings. The van der Waals surface area contributed by atoms with Crippen molar-refractivity contribution in [2.45, 2.75) is 6.42 Å². The first-order chi connectivity index (χ1) is 9.63. The van der Waals surface area contributed by atoms with E-state index in [1.54, 1.807) is 11.3 Å². The maximum absolute atomic E-state index is 12.0. The summed E-state index contributed by atoms with van der Waals surface area (Å²) in [5.41, 5.74) is 0.274. The number of carboxylic acids is 1. The second-order valence-electron chi connectivity index (χ2n) is 4.31. The van der Waals surface area contributed by atoms with Crippen LogP contribution in [0.1, 0.15) is 21.1 Å². The molecule has 3 rings (SSSR count). The van der Waals surface area contributed by atoms with Gasteiger partial charge in [0.25, 0.3) is 5.56 Å². The summed E-state index contributed by atoms with van der Waals surface area (Å²) in [7, 11) is 0. The molecule has 0 fully saturated rings. The molecule has 5 nitrogen and oxygen atoms in total. The number of hydrogen-bond donors (Lipinski definition) is 2. The molecule has 20 heavy (non-hydrogen) atoms. The third-order valence-electron chi connectivity index (χ3n) is 2.92. The van der Waals surface area contributed by atoms with Gasteiger partial charge < -0.3 is 10.1 Å². The maximum Gasteiger partial charge on any atom is 0.335 e. The van der Waals surface area contributed by atoms with Crippen molar-refractivity contribution in [3.8, 4) is 0 Å². The van der Waals surface area contributed by atoms with E-state index in [1.807, 2.05) is 17.5 Å². The minimum atomic E-state index is -1.03. The van der Waals surface area contributed by atoms with Gasteiger partial charge in [-0.25, -0.2) is 9.78 Å². The highest BCUT2D eigenvalue weighted by atomic mass is 32.1. The fourth-order valence-electron chi connectivity index (χ4n) is 1.98. The lowest BCUT2D eigenvalue weighted by atomic mass is 10.1. The molecule has 0 saturated heterocycles. The normalized spacial score (nSPS) is 10.8. The highest BCUT2D eigenvalue weighted by Crippen LogP contribution is 2.14. The van der Waals surface area contributed by atoms with Crippen molar-refractivity contribution in [2.75, 3.05) is 0 Å². The molecular weight excluding hydrogens is 276 g/mol. The van der Waals surface area contributed by atoms with E-state index in [2.05, 4.69) is 9.97 Å². The van der Waals surface area contributed by atoms with E-state index in [4.69, 9.17) is 5.11 Å². The fraction of sp³-hybridized carbons (Fsp3) is 0.0714. The maximum atomic E-state index is 12.0. The van der Waals surface area contributed by atoms with Crippen molar-refractivity contribution in [1.82, 2.24) is 9.97 Å². The quantitative estimate of drug-likeness (QED) is 0.773. The SMILES string of the molecule is O=C(O)c1ccc2c(=O)[nH]c(Cc3cccs3)nc2c1. The molecule has 2 aromatic heterocycles. The van der Waals surface area contributed by atoms with E-state index >= 15 is 0 Å². The van der Waals surface area contributed by atoms with Gasteiger partial charge in [0.05, 0.1) is 16.5 Å². The molecule has 100 valence electrons. The molecule has 0 bridgehead atoms. The number of aromatic amines is 1. The molecule has 0 aliphatic carbocycles. The number of rotatable bonds is 3. The van der Waals surface area contributed by atoms with Crippen LogP contribution in [0, 0.1) is 0 Å². The molecule has 2 heterocycles. The van der Waals surface area contributed by atoms with Gasteiger partial charge in [0.15, 0.2) is 0 Å². The average Bonchev–Trinajstić information content (AvgIpc) is 2.91. The van der Waals surface area contributed by atoms with Crippen LogP contribution in [0.25, 0.3) is 10.9 Å². The van der Waals surface area contributed by atoms with Gasteiger partial charge >= 0.3 is 5.97 Å². The molecule has 0 aliphatic heterocycles. The number of carbonyl (C=O) groups is 1. The van der Waals surface area contributed by atoms with E-state index in [-0.39, 0.29) is 11.1 Å². The first-order valence-electron chi connectivity index (χ1n) is 5.92. The average molecular weight is 286 g/mol. The van der Waals surface area contributed by atoms with Crippen LogP contribution in [0.5, 0.6) is 0 Å². The van der Waals surface area contributed by atoms with E-state index in [0.29, 0.717) is 23.1 Å². The van der Waals surface area contributed by atoms with Crippen molar-refractivity contribution in [1.29, 1.82) is 0 Å². The van der Waals surface area contributed by atoms with E-state index in [9.17, 15) is 9.59 Å². The number of aromatic carboxylic acids is 1. The third kappa shape index (κ3) is 2.33. The van der Waals surface area contributed by atoms with Gasteiger partial charge in [-0.3, -0.25) is 4.79 Å². The monoisotopic (exact) mass is 286 g/mol. The van der Waals surface area contributed by atoms with Crippen LogP contribution in [-0.4, -0.2) is 21.0 Å². The Morgan fingerprint density at radius 1 is 1.35 bits per heavy atom. The predicted molar refractivity (Wildman–Crippen MR) is 76.4 cm³/mol. The number of nitrogens with zero attached hydrogens (tertiary/aromatic N) is 1. The van der Waals surface area contributed by atoms with Gasteiger partial charge in [-0.1, -0.05) is 6.07 Å². The summed E-state index contributed by atoms with van der Waals surface area (Å²) in [6, 6.07) is 8.20. The van der Waals surface area contributed by atoms with E-state index in [0.717, 1.165) is 4.88 Å². The molecule has 0 amide bonds. The van der Waals surface area contributed by atoms with Crippen molar-refractivity contribution < 1.29 is 9.90 Å². The predicted octanol–water partition coefficient (Wildman–Crippen LogP) is 2.27. The smallest absolute Gasteiger partial charge is 0.335 e. The van der Waals surface area contributed by atoms with E-state index in [1.165, 1.54) is 18.2 Å². The summed E-state index contributed by atoms with van der Waals surface area (Å²) < 4.78 is 0. The molecule has 2 N–H and O–H groups in total. The van der Waals surface area contributed by atoms with Crippen LogP contribution in [0.3, 0.4) is 0 Å². The van der Waals surface area contributed by atoms with Crippen molar-refractivity contribution in [3.63, 3.8) is 0 Å². The summed E-state index contributed by atoms with van der Waals surface area (Å²) in [5.74, 6) is -0.499. The Labute approximate surface area is 117 Å². The van der Waals surface area contributed by atoms with Gasteiger partial charge in [-0.05, 0) is 29.6 Å². The standard InChI is InChI=1S/C14H10N2O3S/c17-13-10-4-3-8(14(18)19)6-11(10)15-12(16-13)7-9-2-1-5-20-9/h1-6H,7H2,(H,18,19)(H,15,16,17). The molecule has 0 radical (unpaired) electrons. The van der Waals surface area contributed by atoms with E-state index < -0.39 is 5.97 Å². The summed E-state index contributed by atoms with van der Waals surface area (Å²) >= 11 is 1.58. The molecule has 0 saturated carbocycles. The van der Waals surface area contributed by atoms with Crippen molar-refractivity contribution in [3.05, 3.63) is 62.3 Å². The minimum absolute atomic E-state index is 0.123. The molecule has 0 atom stereocenters. The lowest BCUT2D eigenvalue weighted by Gasteiger charge is -2.03. The Kier molecular flexibility index (Phi) is 3.08. The zero-order valence-corrected chi connectivity index (χ0v) is 11.1. The highest BCUT2D eigenvalue weighted by Gasteiger charge is 2.09. The largest absolute Gasteiger partial charge is 0.478 e. The van der Waals surface area contributed by atoms with Gasteiger partial charge in [-0.2, -0.15) is 0 Å². The van der Waals surface area contributed by atoms with Gasteiger partial charge in [-0.15, -0.1) is 11.3 Å². The van der Waals surface area contributed by atoms with Gasteiger partial charge in [0.2, 0.25) is 0 Å². The Morgan fingerprint density at radius 3 is 2.90 bits per heavy atom. The van der Waals surface area contributed by atoms with Gasteiger partial charge in [0.1, 0.15) is 5.82 Å². The molecule has 0 spiro atoms.